The highest BCUT2D eigenvalue weighted by Gasteiger charge is 2.06. The van der Waals surface area contributed by atoms with Gasteiger partial charge in [-0.3, -0.25) is 4.79 Å². The molecule has 0 aliphatic carbocycles. The van der Waals surface area contributed by atoms with E-state index in [2.05, 4.69) is 22.2 Å². The molecule has 1 amide bonds. The molecule has 1 aromatic heterocycles. The topological polar surface area (TPSA) is 100 Å². The fraction of sp³-hybridized carbons (Fsp3) is 0.273. The minimum Gasteiger partial charge on any atom is -0.387 e. The van der Waals surface area contributed by atoms with Crippen molar-refractivity contribution < 1.29 is 9.90 Å². The molecule has 0 unspecified atom stereocenters. The summed E-state index contributed by atoms with van der Waals surface area (Å²) < 4.78 is 0. The highest BCUT2D eigenvalue weighted by Crippen LogP contribution is 2.12. The van der Waals surface area contributed by atoms with Gasteiger partial charge in [0.15, 0.2) is 5.13 Å². The van der Waals surface area contributed by atoms with E-state index in [0.29, 0.717) is 23.9 Å². The van der Waals surface area contributed by atoms with Crippen LogP contribution in [0.5, 0.6) is 0 Å². The fourth-order valence-electron chi connectivity index (χ4n) is 2.65. The van der Waals surface area contributed by atoms with Crippen molar-refractivity contribution in [2.45, 2.75) is 18.9 Å². The highest BCUT2D eigenvalue weighted by molar-refractivity contribution is 7.13. The third-order valence-electron chi connectivity index (χ3n) is 4.10. The van der Waals surface area contributed by atoms with Crippen molar-refractivity contribution >= 4 is 22.4 Å². The second-order valence-corrected chi connectivity index (χ2v) is 7.31. The quantitative estimate of drug-likeness (QED) is 0.317. The molecule has 2 rings (SSSR count). The third-order valence-corrected chi connectivity index (χ3v) is 4.83. The van der Waals surface area contributed by atoms with Crippen LogP contribution in [0.4, 0.5) is 5.13 Å². The molecule has 7 heteroatoms. The van der Waals surface area contributed by atoms with Crippen molar-refractivity contribution in [2.24, 2.45) is 0 Å². The zero-order valence-corrected chi connectivity index (χ0v) is 17.2. The lowest BCUT2D eigenvalue weighted by molar-refractivity contribution is -0.120. The number of nitrogens with one attached hydrogen (secondary N) is 2. The number of nitrogen functional groups attached to an aromatic ring is 1. The average Bonchev–Trinajstić information content (AvgIpc) is 3.13. The van der Waals surface area contributed by atoms with Crippen LogP contribution in [0, 0.1) is 0 Å². The molecule has 0 saturated carbocycles. The van der Waals surface area contributed by atoms with Gasteiger partial charge in [-0.25, -0.2) is 4.98 Å². The van der Waals surface area contributed by atoms with E-state index < -0.39 is 6.10 Å². The van der Waals surface area contributed by atoms with Gasteiger partial charge in [0.25, 0.3) is 0 Å². The lowest BCUT2D eigenvalue weighted by Gasteiger charge is -2.12. The molecule has 5 N–H and O–H groups in total. The molecule has 6 nitrogen and oxygen atoms in total. The summed E-state index contributed by atoms with van der Waals surface area (Å²) in [5.74, 6) is -0.0919. The maximum Gasteiger partial charge on any atom is 0.226 e. The molecule has 0 fully saturated rings. The smallest absolute Gasteiger partial charge is 0.226 e. The predicted octanol–water partition coefficient (Wildman–Crippen LogP) is 2.77. The molecule has 29 heavy (non-hydrogen) atoms. The first-order valence-corrected chi connectivity index (χ1v) is 10.3. The zero-order valence-electron chi connectivity index (χ0n) is 16.4. The number of rotatable bonds is 12. The standard InChI is InChI=1S/C22H28N4O2S/c1-2-7-17(11-13-24-15-20(27)18-9-4-3-5-10-18)8-6-12-25-21(28)14-19-16-29-22(23)26-19/h2-10,16,20,24,27H,1,11-15H2,(H2,23,26)(H,25,28)/b8-6-,17-7+/t20-/m0/s1. The highest BCUT2D eigenvalue weighted by atomic mass is 32.1. The molecule has 1 atom stereocenters. The van der Waals surface area contributed by atoms with Crippen LogP contribution in [0.25, 0.3) is 0 Å². The maximum atomic E-state index is 11.9. The second kappa shape index (κ2) is 12.7. The summed E-state index contributed by atoms with van der Waals surface area (Å²) in [4.78, 5) is 16.0. The summed E-state index contributed by atoms with van der Waals surface area (Å²) >= 11 is 1.33. The van der Waals surface area contributed by atoms with Crippen molar-refractivity contribution in [3.05, 3.63) is 83.4 Å². The molecule has 0 saturated heterocycles. The number of aliphatic hydroxyl groups excluding tert-OH is 1. The Balaban J connectivity index is 1.67. The number of thiazole rings is 1. The van der Waals surface area contributed by atoms with E-state index in [-0.39, 0.29) is 12.3 Å². The largest absolute Gasteiger partial charge is 0.387 e. The summed E-state index contributed by atoms with van der Waals surface area (Å²) in [6.07, 6.45) is 8.04. The Kier molecular flexibility index (Phi) is 9.85. The number of nitrogens with two attached hydrogens (primary N) is 1. The van der Waals surface area contributed by atoms with Gasteiger partial charge in [0, 0.05) is 18.5 Å². The van der Waals surface area contributed by atoms with Crippen LogP contribution in [-0.4, -0.2) is 35.6 Å². The Bertz CT molecular complexity index is 830. The van der Waals surface area contributed by atoms with Gasteiger partial charge in [0.05, 0.1) is 18.2 Å². The van der Waals surface area contributed by atoms with Crippen LogP contribution in [0.3, 0.4) is 0 Å². The molecular weight excluding hydrogens is 384 g/mol. The number of nitrogens with zero attached hydrogens (tertiary/aromatic N) is 1. The zero-order chi connectivity index (χ0) is 20.9. The van der Waals surface area contributed by atoms with Gasteiger partial charge in [-0.05, 0) is 24.1 Å². The number of anilines is 1. The Hall–Kier alpha value is -2.74. The van der Waals surface area contributed by atoms with Gasteiger partial charge < -0.3 is 21.5 Å². The van der Waals surface area contributed by atoms with Gasteiger partial charge in [-0.2, -0.15) is 0 Å². The molecule has 0 bridgehead atoms. The van der Waals surface area contributed by atoms with E-state index in [1.165, 1.54) is 11.3 Å². The first-order chi connectivity index (χ1) is 14.1. The predicted molar refractivity (Wildman–Crippen MR) is 120 cm³/mol. The Labute approximate surface area is 175 Å². The van der Waals surface area contributed by atoms with Gasteiger partial charge in [-0.1, -0.05) is 61.2 Å². The molecule has 1 aromatic carbocycles. The van der Waals surface area contributed by atoms with Crippen molar-refractivity contribution in [1.82, 2.24) is 15.6 Å². The Morgan fingerprint density at radius 3 is 2.83 bits per heavy atom. The van der Waals surface area contributed by atoms with Crippen LogP contribution >= 0.6 is 11.3 Å². The molecular formula is C22H28N4O2S. The van der Waals surface area contributed by atoms with Crippen LogP contribution in [0.15, 0.2) is 72.2 Å². The number of benzene rings is 1. The molecule has 0 aliphatic heterocycles. The lowest BCUT2D eigenvalue weighted by Crippen LogP contribution is -2.25. The van der Waals surface area contributed by atoms with Crippen LogP contribution in [0.1, 0.15) is 23.8 Å². The van der Waals surface area contributed by atoms with E-state index in [4.69, 9.17) is 5.73 Å². The lowest BCUT2D eigenvalue weighted by atomic mass is 10.1. The molecule has 0 aliphatic rings. The van der Waals surface area contributed by atoms with E-state index in [1.54, 1.807) is 11.5 Å². The summed E-state index contributed by atoms with van der Waals surface area (Å²) in [7, 11) is 0. The van der Waals surface area contributed by atoms with Crippen LogP contribution in [0.2, 0.25) is 0 Å². The van der Waals surface area contributed by atoms with Gasteiger partial charge >= 0.3 is 0 Å². The van der Waals surface area contributed by atoms with E-state index >= 15 is 0 Å². The number of aromatic nitrogens is 1. The van der Waals surface area contributed by atoms with E-state index in [0.717, 1.165) is 24.1 Å². The molecule has 0 spiro atoms. The number of hydrogen-bond acceptors (Lipinski definition) is 6. The molecule has 1 heterocycles. The Morgan fingerprint density at radius 2 is 2.14 bits per heavy atom. The molecule has 0 radical (unpaired) electrons. The molecule has 2 aromatic rings. The summed E-state index contributed by atoms with van der Waals surface area (Å²) in [6, 6.07) is 9.59. The first kappa shape index (κ1) is 22.5. The van der Waals surface area contributed by atoms with Crippen LogP contribution < -0.4 is 16.4 Å². The number of carbonyl (C=O) groups is 1. The van der Waals surface area contributed by atoms with Crippen molar-refractivity contribution in [1.29, 1.82) is 0 Å². The maximum absolute atomic E-state index is 11.9. The third kappa shape index (κ3) is 8.87. The van der Waals surface area contributed by atoms with Crippen molar-refractivity contribution in [3.8, 4) is 0 Å². The monoisotopic (exact) mass is 412 g/mol. The fourth-order valence-corrected chi connectivity index (χ4v) is 3.21. The normalized spacial score (nSPS) is 12.8. The van der Waals surface area contributed by atoms with E-state index in [1.807, 2.05) is 48.6 Å². The van der Waals surface area contributed by atoms with Crippen LogP contribution in [-0.2, 0) is 11.2 Å². The number of hydrogen-bond donors (Lipinski definition) is 4. The van der Waals surface area contributed by atoms with Gasteiger partial charge in [-0.15, -0.1) is 11.3 Å². The number of carbonyl (C=O) groups excluding carboxylic acids is 1. The number of allylic oxidation sites excluding steroid dienone is 3. The second-order valence-electron chi connectivity index (χ2n) is 6.42. The van der Waals surface area contributed by atoms with Crippen molar-refractivity contribution in [2.75, 3.05) is 25.4 Å². The average molecular weight is 413 g/mol. The summed E-state index contributed by atoms with van der Waals surface area (Å²) in [5.41, 5.74) is 8.24. The summed E-state index contributed by atoms with van der Waals surface area (Å²) in [6.45, 7) is 5.40. The SMILES string of the molecule is C=C/C=C(\C=C/CNC(=O)Cc1csc(N)n1)CCNC[C@H](O)c1ccccc1. The Morgan fingerprint density at radius 1 is 1.34 bits per heavy atom. The van der Waals surface area contributed by atoms with Gasteiger partial charge in [0.2, 0.25) is 5.91 Å². The van der Waals surface area contributed by atoms with Gasteiger partial charge in [0.1, 0.15) is 0 Å². The molecule has 154 valence electrons. The first-order valence-electron chi connectivity index (χ1n) is 9.47. The summed E-state index contributed by atoms with van der Waals surface area (Å²) in [5, 5.41) is 18.5. The van der Waals surface area contributed by atoms with E-state index in [9.17, 15) is 9.90 Å². The number of aliphatic hydroxyl groups is 1. The minimum atomic E-state index is -0.526. The van der Waals surface area contributed by atoms with Crippen molar-refractivity contribution in [3.63, 3.8) is 0 Å². The minimum absolute atomic E-state index is 0.0919. The number of amides is 1.